The fraction of sp³-hybridized carbons (Fsp3) is 1.00. The summed E-state index contributed by atoms with van der Waals surface area (Å²) in [5, 5.41) is 3.73. The monoisotopic (exact) mass is 197 g/mol. The van der Waals surface area contributed by atoms with Gasteiger partial charge in [-0.2, -0.15) is 0 Å². The number of rotatable bonds is 5. The van der Waals surface area contributed by atoms with E-state index in [2.05, 4.69) is 26.1 Å². The maximum absolute atomic E-state index is 3.73. The molecule has 1 saturated carbocycles. The van der Waals surface area contributed by atoms with Gasteiger partial charge in [0.05, 0.1) is 0 Å². The molecule has 0 saturated heterocycles. The van der Waals surface area contributed by atoms with E-state index in [-0.39, 0.29) is 0 Å². The molecular weight excluding hydrogens is 170 g/mol. The van der Waals surface area contributed by atoms with Crippen LogP contribution >= 0.6 is 0 Å². The Morgan fingerprint density at radius 1 is 1.14 bits per heavy atom. The first kappa shape index (κ1) is 12.0. The Labute approximate surface area is 89.7 Å². The first-order valence-corrected chi connectivity index (χ1v) is 6.46. The van der Waals surface area contributed by atoms with E-state index in [0.29, 0.717) is 5.41 Å². The Bertz CT molecular complexity index is 147. The van der Waals surface area contributed by atoms with Crippen LogP contribution in [-0.2, 0) is 0 Å². The maximum Gasteiger partial charge on any atom is 0.0118 e. The highest BCUT2D eigenvalue weighted by molar-refractivity contribution is 4.89. The third kappa shape index (κ3) is 2.98. The summed E-state index contributed by atoms with van der Waals surface area (Å²) < 4.78 is 0. The lowest BCUT2D eigenvalue weighted by Gasteiger charge is -2.41. The summed E-state index contributed by atoms with van der Waals surface area (Å²) in [6.07, 6.45) is 9.76. The molecule has 1 aliphatic carbocycles. The van der Waals surface area contributed by atoms with Crippen molar-refractivity contribution in [3.8, 4) is 0 Å². The molecule has 1 N–H and O–H groups in total. The van der Waals surface area contributed by atoms with Gasteiger partial charge in [0.1, 0.15) is 0 Å². The first-order valence-electron chi connectivity index (χ1n) is 6.46. The minimum atomic E-state index is 0.585. The van der Waals surface area contributed by atoms with Crippen LogP contribution in [-0.4, -0.2) is 12.6 Å². The van der Waals surface area contributed by atoms with Gasteiger partial charge in [-0.15, -0.1) is 0 Å². The molecule has 14 heavy (non-hydrogen) atoms. The van der Waals surface area contributed by atoms with Crippen LogP contribution in [0.3, 0.4) is 0 Å². The summed E-state index contributed by atoms with van der Waals surface area (Å²) in [4.78, 5) is 0. The zero-order chi connectivity index (χ0) is 10.4. The average Bonchev–Trinajstić information content (AvgIpc) is 2.20. The third-order valence-electron chi connectivity index (χ3n) is 3.89. The Hall–Kier alpha value is -0.0400. The summed E-state index contributed by atoms with van der Waals surface area (Å²) in [7, 11) is 0. The molecule has 84 valence electrons. The molecule has 0 aromatic rings. The molecular formula is C13H27N. The Morgan fingerprint density at radius 2 is 1.79 bits per heavy atom. The SMILES string of the molecule is CCCNC(CC)C1(C)CCCCC1. The minimum Gasteiger partial charge on any atom is -0.313 e. The molecule has 0 aromatic heterocycles. The van der Waals surface area contributed by atoms with Crippen LogP contribution in [0.15, 0.2) is 0 Å². The molecule has 1 atom stereocenters. The molecule has 1 fully saturated rings. The van der Waals surface area contributed by atoms with Crippen molar-refractivity contribution in [3.05, 3.63) is 0 Å². The van der Waals surface area contributed by atoms with Crippen molar-refractivity contribution < 1.29 is 0 Å². The molecule has 0 heterocycles. The van der Waals surface area contributed by atoms with E-state index in [1.807, 2.05) is 0 Å². The van der Waals surface area contributed by atoms with Gasteiger partial charge in [0.25, 0.3) is 0 Å². The molecule has 1 nitrogen and oxygen atoms in total. The van der Waals surface area contributed by atoms with E-state index in [1.165, 1.54) is 51.5 Å². The van der Waals surface area contributed by atoms with Gasteiger partial charge in [0, 0.05) is 6.04 Å². The molecule has 0 bridgehead atoms. The highest BCUT2D eigenvalue weighted by Gasteiger charge is 2.33. The molecule has 1 aliphatic rings. The van der Waals surface area contributed by atoms with E-state index in [0.717, 1.165) is 6.04 Å². The van der Waals surface area contributed by atoms with Gasteiger partial charge < -0.3 is 5.32 Å². The molecule has 1 heteroatoms. The van der Waals surface area contributed by atoms with E-state index >= 15 is 0 Å². The van der Waals surface area contributed by atoms with Crippen molar-refractivity contribution in [2.75, 3.05) is 6.54 Å². The smallest absolute Gasteiger partial charge is 0.0118 e. The average molecular weight is 197 g/mol. The number of hydrogen-bond acceptors (Lipinski definition) is 1. The van der Waals surface area contributed by atoms with Gasteiger partial charge in [-0.05, 0) is 37.6 Å². The van der Waals surface area contributed by atoms with Gasteiger partial charge in [-0.3, -0.25) is 0 Å². The topological polar surface area (TPSA) is 12.0 Å². The highest BCUT2D eigenvalue weighted by Crippen LogP contribution is 2.39. The summed E-state index contributed by atoms with van der Waals surface area (Å²) in [5.74, 6) is 0. The van der Waals surface area contributed by atoms with Gasteiger partial charge in [0.2, 0.25) is 0 Å². The van der Waals surface area contributed by atoms with Crippen LogP contribution in [0.5, 0.6) is 0 Å². The van der Waals surface area contributed by atoms with Crippen LogP contribution in [0.1, 0.15) is 65.7 Å². The molecule has 1 rings (SSSR count). The standard InChI is InChI=1S/C13H27N/c1-4-11-14-12(5-2)13(3)9-7-6-8-10-13/h12,14H,4-11H2,1-3H3. The molecule has 1 unspecified atom stereocenters. The highest BCUT2D eigenvalue weighted by atomic mass is 14.9. The largest absolute Gasteiger partial charge is 0.313 e. The lowest BCUT2D eigenvalue weighted by Crippen LogP contribution is -2.44. The number of hydrogen-bond donors (Lipinski definition) is 1. The summed E-state index contributed by atoms with van der Waals surface area (Å²) in [5.41, 5.74) is 0.585. The first-order chi connectivity index (χ1) is 6.73. The zero-order valence-electron chi connectivity index (χ0n) is 10.2. The van der Waals surface area contributed by atoms with Crippen LogP contribution in [0.25, 0.3) is 0 Å². The van der Waals surface area contributed by atoms with Crippen LogP contribution in [0.4, 0.5) is 0 Å². The summed E-state index contributed by atoms with van der Waals surface area (Å²) in [6, 6.07) is 0.753. The molecule has 0 aliphatic heterocycles. The predicted octanol–water partition coefficient (Wildman–Crippen LogP) is 3.74. The Morgan fingerprint density at radius 3 is 2.29 bits per heavy atom. The van der Waals surface area contributed by atoms with Gasteiger partial charge in [-0.1, -0.05) is 40.0 Å². The summed E-state index contributed by atoms with van der Waals surface area (Å²) in [6.45, 7) is 8.26. The van der Waals surface area contributed by atoms with Gasteiger partial charge in [0.15, 0.2) is 0 Å². The second-order valence-electron chi connectivity index (χ2n) is 5.13. The predicted molar refractivity (Wildman–Crippen MR) is 63.6 cm³/mol. The lowest BCUT2D eigenvalue weighted by molar-refractivity contribution is 0.141. The van der Waals surface area contributed by atoms with Crippen molar-refractivity contribution in [3.63, 3.8) is 0 Å². The van der Waals surface area contributed by atoms with E-state index < -0.39 is 0 Å². The normalized spacial score (nSPS) is 23.4. The zero-order valence-corrected chi connectivity index (χ0v) is 10.2. The van der Waals surface area contributed by atoms with Crippen molar-refractivity contribution in [2.45, 2.75) is 71.8 Å². The van der Waals surface area contributed by atoms with Crippen molar-refractivity contribution in [1.82, 2.24) is 5.32 Å². The van der Waals surface area contributed by atoms with Gasteiger partial charge in [-0.25, -0.2) is 0 Å². The fourth-order valence-electron chi connectivity index (χ4n) is 2.91. The van der Waals surface area contributed by atoms with E-state index in [1.54, 1.807) is 0 Å². The molecule has 0 aromatic carbocycles. The molecule has 0 radical (unpaired) electrons. The number of nitrogens with one attached hydrogen (secondary N) is 1. The second kappa shape index (κ2) is 5.75. The van der Waals surface area contributed by atoms with Crippen LogP contribution in [0, 0.1) is 5.41 Å². The molecule has 0 spiro atoms. The Balaban J connectivity index is 2.47. The quantitative estimate of drug-likeness (QED) is 0.708. The maximum atomic E-state index is 3.73. The van der Waals surface area contributed by atoms with Crippen LogP contribution in [0.2, 0.25) is 0 Å². The van der Waals surface area contributed by atoms with Crippen molar-refractivity contribution in [2.24, 2.45) is 5.41 Å². The third-order valence-corrected chi connectivity index (χ3v) is 3.89. The van der Waals surface area contributed by atoms with Crippen LogP contribution < -0.4 is 5.32 Å². The van der Waals surface area contributed by atoms with Gasteiger partial charge >= 0.3 is 0 Å². The van der Waals surface area contributed by atoms with E-state index in [4.69, 9.17) is 0 Å². The fourth-order valence-corrected chi connectivity index (χ4v) is 2.91. The second-order valence-corrected chi connectivity index (χ2v) is 5.13. The molecule has 0 amide bonds. The lowest BCUT2D eigenvalue weighted by atomic mass is 9.70. The van der Waals surface area contributed by atoms with Crippen molar-refractivity contribution in [1.29, 1.82) is 0 Å². The van der Waals surface area contributed by atoms with Crippen molar-refractivity contribution >= 4 is 0 Å². The Kier molecular flexibility index (Phi) is 4.94. The minimum absolute atomic E-state index is 0.585. The van der Waals surface area contributed by atoms with E-state index in [9.17, 15) is 0 Å². The summed E-state index contributed by atoms with van der Waals surface area (Å²) >= 11 is 0.